The summed E-state index contributed by atoms with van der Waals surface area (Å²) in [6.45, 7) is 5.14. The molecule has 10 nitrogen and oxygen atoms in total. The maximum Gasteiger partial charge on any atom is 0.255 e. The van der Waals surface area contributed by atoms with E-state index in [1.54, 1.807) is 12.0 Å². The zero-order valence-electron chi connectivity index (χ0n) is 22.6. The Bertz CT molecular complexity index is 1520. The molecule has 0 aliphatic carbocycles. The summed E-state index contributed by atoms with van der Waals surface area (Å²) in [4.78, 5) is 41.4. The third-order valence-corrected chi connectivity index (χ3v) is 9.09. The number of hydrogen-bond acceptors (Lipinski definition) is 7. The van der Waals surface area contributed by atoms with Crippen LogP contribution in [0.5, 0.6) is 5.75 Å². The fourth-order valence-electron chi connectivity index (χ4n) is 6.81. The summed E-state index contributed by atoms with van der Waals surface area (Å²) >= 11 is 0. The zero-order valence-corrected chi connectivity index (χ0v) is 22.6. The van der Waals surface area contributed by atoms with Crippen molar-refractivity contribution in [2.24, 2.45) is 0 Å². The lowest BCUT2D eigenvalue weighted by molar-refractivity contribution is -0.136. The lowest BCUT2D eigenvalue weighted by Gasteiger charge is -2.38. The van der Waals surface area contributed by atoms with Crippen LogP contribution in [0.1, 0.15) is 52.7 Å². The smallest absolute Gasteiger partial charge is 0.255 e. The molecule has 0 saturated carbocycles. The summed E-state index contributed by atoms with van der Waals surface area (Å²) < 4.78 is 13.4. The van der Waals surface area contributed by atoms with Crippen molar-refractivity contribution in [2.45, 2.75) is 56.8 Å². The molecule has 7 rings (SSSR count). The maximum atomic E-state index is 13.2. The summed E-state index contributed by atoms with van der Waals surface area (Å²) in [7, 11) is 1.70. The highest BCUT2D eigenvalue weighted by Gasteiger charge is 2.47. The van der Waals surface area contributed by atoms with Crippen molar-refractivity contribution in [2.75, 3.05) is 33.4 Å². The molecular formula is C30H33N5O5. The molecule has 10 heteroatoms. The molecule has 4 aliphatic heterocycles. The molecule has 3 amide bonds. The number of carbonyl (C=O) groups is 3. The Morgan fingerprint density at radius 1 is 1.15 bits per heavy atom. The van der Waals surface area contributed by atoms with Crippen molar-refractivity contribution in [3.63, 3.8) is 0 Å². The number of nitrogens with one attached hydrogen (secondary N) is 1. The second-order valence-electron chi connectivity index (χ2n) is 11.5. The topological polar surface area (TPSA) is 106 Å². The number of piperidine rings is 2. The lowest BCUT2D eigenvalue weighted by Crippen LogP contribution is -2.52. The van der Waals surface area contributed by atoms with Gasteiger partial charge in [0.05, 0.1) is 31.8 Å². The predicted octanol–water partition coefficient (Wildman–Crippen LogP) is 2.37. The molecule has 5 heterocycles. The van der Waals surface area contributed by atoms with Crippen LogP contribution in [0.2, 0.25) is 0 Å². The maximum absolute atomic E-state index is 13.2. The van der Waals surface area contributed by atoms with Crippen molar-refractivity contribution in [1.82, 2.24) is 24.9 Å². The van der Waals surface area contributed by atoms with Gasteiger partial charge < -0.3 is 14.4 Å². The summed E-state index contributed by atoms with van der Waals surface area (Å²) in [5.41, 5.74) is 4.88. The highest BCUT2D eigenvalue weighted by molar-refractivity contribution is 6.05. The number of amides is 3. The van der Waals surface area contributed by atoms with Gasteiger partial charge in [0.2, 0.25) is 11.8 Å². The average molecular weight is 544 g/mol. The standard InChI is InChI=1S/C30H33N5O5/c1-39-13-12-34-16-20-3-2-19(14-24(20)32-34)15-33-10-8-30(9-11-33)18-40-27-22-17-35(25-6-7-26(36)31-28(25)37)29(38)21(22)4-5-23(27)30/h2-5,14,16,25H,6-13,15,17-18H2,1H3,(H,31,36,37)/t25-/m0/s1. The van der Waals surface area contributed by atoms with Gasteiger partial charge in [0, 0.05) is 53.8 Å². The number of ether oxygens (including phenoxy) is 2. The highest BCUT2D eigenvalue weighted by Crippen LogP contribution is 2.49. The SMILES string of the molecule is COCCn1cc2ccc(CN3CCC4(CC3)COc3c4ccc4c3CN([C@H]3CCC(=O)NC3=O)C4=O)cc2n1. The first-order valence-electron chi connectivity index (χ1n) is 14.1. The molecule has 0 unspecified atom stereocenters. The first kappa shape index (κ1) is 25.2. The molecule has 2 aromatic carbocycles. The largest absolute Gasteiger partial charge is 0.492 e. The molecule has 2 saturated heterocycles. The molecule has 40 heavy (non-hydrogen) atoms. The Morgan fingerprint density at radius 2 is 2.00 bits per heavy atom. The summed E-state index contributed by atoms with van der Waals surface area (Å²) in [5.74, 6) is -0.00892. The van der Waals surface area contributed by atoms with Crippen molar-refractivity contribution >= 4 is 28.6 Å². The lowest BCUT2D eigenvalue weighted by atomic mass is 9.74. The molecule has 1 N–H and O–H groups in total. The molecule has 3 aromatic rings. The zero-order chi connectivity index (χ0) is 27.4. The number of imide groups is 1. The average Bonchev–Trinajstić information content (AvgIpc) is 3.62. The van der Waals surface area contributed by atoms with Crippen LogP contribution in [-0.2, 0) is 39.4 Å². The minimum Gasteiger partial charge on any atom is -0.492 e. The Hall–Kier alpha value is -3.76. The van der Waals surface area contributed by atoms with Gasteiger partial charge in [0.1, 0.15) is 11.8 Å². The normalized spacial score (nSPS) is 22.1. The highest BCUT2D eigenvalue weighted by atomic mass is 16.5. The van der Waals surface area contributed by atoms with Gasteiger partial charge in [-0.25, -0.2) is 0 Å². The molecule has 2 fully saturated rings. The van der Waals surface area contributed by atoms with E-state index in [1.165, 1.54) is 11.1 Å². The minimum atomic E-state index is -0.620. The van der Waals surface area contributed by atoms with Crippen molar-refractivity contribution in [1.29, 1.82) is 0 Å². The molecule has 1 spiro atoms. The number of benzene rings is 2. The van der Waals surface area contributed by atoms with E-state index >= 15 is 0 Å². The van der Waals surface area contributed by atoms with Gasteiger partial charge >= 0.3 is 0 Å². The van der Waals surface area contributed by atoms with Gasteiger partial charge in [0.15, 0.2) is 0 Å². The molecule has 0 radical (unpaired) electrons. The quantitative estimate of drug-likeness (QED) is 0.476. The van der Waals surface area contributed by atoms with Crippen LogP contribution in [0.25, 0.3) is 10.9 Å². The van der Waals surface area contributed by atoms with Crippen LogP contribution in [0.3, 0.4) is 0 Å². The van der Waals surface area contributed by atoms with Crippen molar-refractivity contribution in [3.8, 4) is 5.75 Å². The van der Waals surface area contributed by atoms with Crippen molar-refractivity contribution < 1.29 is 23.9 Å². The Labute approximate surface area is 232 Å². The molecule has 1 aromatic heterocycles. The second kappa shape index (κ2) is 9.71. The van der Waals surface area contributed by atoms with Crippen molar-refractivity contribution in [3.05, 3.63) is 58.8 Å². The summed E-state index contributed by atoms with van der Waals surface area (Å²) in [6, 6.07) is 9.88. The van der Waals surface area contributed by atoms with Gasteiger partial charge in [-0.05, 0) is 50.0 Å². The number of nitrogens with zero attached hydrogens (tertiary/aromatic N) is 4. The fraction of sp³-hybridized carbons (Fsp3) is 0.467. The second-order valence-corrected chi connectivity index (χ2v) is 11.5. The predicted molar refractivity (Wildman–Crippen MR) is 146 cm³/mol. The van der Waals surface area contributed by atoms with Crippen LogP contribution in [0.15, 0.2) is 36.5 Å². The Balaban J connectivity index is 1.04. The fourth-order valence-corrected chi connectivity index (χ4v) is 6.81. The van der Waals surface area contributed by atoms with E-state index in [9.17, 15) is 14.4 Å². The van der Waals surface area contributed by atoms with Gasteiger partial charge in [0.25, 0.3) is 5.91 Å². The molecule has 1 atom stereocenters. The number of aromatic nitrogens is 2. The van der Waals surface area contributed by atoms with E-state index in [0.29, 0.717) is 31.7 Å². The molecule has 208 valence electrons. The molecular weight excluding hydrogens is 510 g/mol. The van der Waals surface area contributed by atoms with E-state index in [0.717, 1.165) is 61.2 Å². The van der Waals surface area contributed by atoms with E-state index in [1.807, 2.05) is 10.7 Å². The van der Waals surface area contributed by atoms with Gasteiger partial charge in [-0.15, -0.1) is 0 Å². The van der Waals surface area contributed by atoms with E-state index in [4.69, 9.17) is 14.6 Å². The van der Waals surface area contributed by atoms with Crippen LogP contribution in [0, 0.1) is 0 Å². The Morgan fingerprint density at radius 3 is 2.80 bits per heavy atom. The van der Waals surface area contributed by atoms with E-state index in [-0.39, 0.29) is 23.7 Å². The molecule has 0 bridgehead atoms. The van der Waals surface area contributed by atoms with Gasteiger partial charge in [-0.3, -0.25) is 29.3 Å². The summed E-state index contributed by atoms with van der Waals surface area (Å²) in [6.07, 6.45) is 4.63. The number of rotatable bonds is 6. The first-order valence-corrected chi connectivity index (χ1v) is 14.1. The number of likely N-dealkylation sites (tertiary alicyclic amines) is 1. The summed E-state index contributed by atoms with van der Waals surface area (Å²) in [5, 5.41) is 8.21. The first-order chi connectivity index (χ1) is 19.4. The Kier molecular flexibility index (Phi) is 6.12. The van der Waals surface area contributed by atoms with Gasteiger partial charge in [-0.1, -0.05) is 18.2 Å². The third-order valence-electron chi connectivity index (χ3n) is 9.09. The molecule has 4 aliphatic rings. The van der Waals surface area contributed by atoms with Gasteiger partial charge in [-0.2, -0.15) is 5.10 Å². The van der Waals surface area contributed by atoms with Crippen LogP contribution in [0.4, 0.5) is 0 Å². The number of carbonyl (C=O) groups excluding carboxylic acids is 3. The van der Waals surface area contributed by atoms with Crippen LogP contribution < -0.4 is 10.1 Å². The van der Waals surface area contributed by atoms with E-state index < -0.39 is 11.9 Å². The third kappa shape index (κ3) is 4.17. The number of fused-ring (bicyclic) bond motifs is 5. The number of methoxy groups -OCH3 is 1. The monoisotopic (exact) mass is 543 g/mol. The van der Waals surface area contributed by atoms with Crippen LogP contribution >= 0.6 is 0 Å². The number of hydrogen-bond donors (Lipinski definition) is 1. The van der Waals surface area contributed by atoms with E-state index in [2.05, 4.69) is 40.7 Å². The van der Waals surface area contributed by atoms with Crippen LogP contribution in [-0.4, -0.2) is 76.8 Å². The minimum absolute atomic E-state index is 0.0595.